The van der Waals surface area contributed by atoms with E-state index in [9.17, 15) is 22.8 Å². The minimum Gasteiger partial charge on any atom is -0.353 e. The molecule has 2 amide bonds. The molecule has 0 radical (unpaired) electrons. The number of amides is 2. The van der Waals surface area contributed by atoms with Gasteiger partial charge in [0.2, 0.25) is 11.8 Å². The van der Waals surface area contributed by atoms with Gasteiger partial charge in [0.15, 0.2) is 17.5 Å². The lowest BCUT2D eigenvalue weighted by Gasteiger charge is -2.24. The Labute approximate surface area is 132 Å². The third-order valence-electron chi connectivity index (χ3n) is 3.18. The van der Waals surface area contributed by atoms with Gasteiger partial charge in [-0.15, -0.1) is 0 Å². The number of benzene rings is 1. The lowest BCUT2D eigenvalue weighted by atomic mass is 10.2. The molecule has 0 spiro atoms. The van der Waals surface area contributed by atoms with Gasteiger partial charge in [-0.2, -0.15) is 0 Å². The van der Waals surface area contributed by atoms with Crippen LogP contribution in [0.1, 0.15) is 20.8 Å². The summed E-state index contributed by atoms with van der Waals surface area (Å²) in [5, 5.41) is 4.86. The fourth-order valence-electron chi connectivity index (χ4n) is 1.79. The predicted octanol–water partition coefficient (Wildman–Crippen LogP) is 1.89. The highest BCUT2D eigenvalue weighted by atomic mass is 19.2. The molecule has 0 saturated carbocycles. The lowest BCUT2D eigenvalue weighted by Crippen LogP contribution is -2.46. The fraction of sp³-hybridized carbons (Fsp3) is 0.467. The van der Waals surface area contributed by atoms with Gasteiger partial charge >= 0.3 is 0 Å². The number of halogens is 3. The average Bonchev–Trinajstić information content (AvgIpc) is 2.45. The normalized spacial score (nSPS) is 12.4. The summed E-state index contributed by atoms with van der Waals surface area (Å²) >= 11 is 0. The summed E-state index contributed by atoms with van der Waals surface area (Å²) in [5.41, 5.74) is -0.458. The monoisotopic (exact) mass is 331 g/mol. The smallest absolute Gasteiger partial charge is 0.241 e. The molecule has 128 valence electrons. The zero-order valence-corrected chi connectivity index (χ0v) is 13.4. The summed E-state index contributed by atoms with van der Waals surface area (Å²) in [5.74, 6) is -5.36. The summed E-state index contributed by atoms with van der Waals surface area (Å²) in [6, 6.07) is 0.847. The maximum absolute atomic E-state index is 13.5. The third kappa shape index (κ3) is 5.24. The van der Waals surface area contributed by atoms with Crippen LogP contribution in [0.5, 0.6) is 0 Å². The molecule has 0 unspecified atom stereocenters. The molecule has 0 heterocycles. The Morgan fingerprint density at radius 3 is 2.30 bits per heavy atom. The number of hydrogen-bond donors (Lipinski definition) is 2. The van der Waals surface area contributed by atoms with E-state index in [1.165, 1.54) is 11.8 Å². The molecule has 0 aromatic heterocycles. The first kappa shape index (κ1) is 19.0. The third-order valence-corrected chi connectivity index (χ3v) is 3.18. The van der Waals surface area contributed by atoms with Crippen LogP contribution in [0.3, 0.4) is 0 Å². The van der Waals surface area contributed by atoms with Crippen molar-refractivity contribution in [3.8, 4) is 0 Å². The quantitative estimate of drug-likeness (QED) is 0.783. The molecule has 1 aromatic carbocycles. The SMILES string of the molecule is CC(C)NC(=O)CN(C)[C@@H](C)C(=O)Nc1ccc(F)c(F)c1F. The number of anilines is 1. The Morgan fingerprint density at radius 2 is 1.74 bits per heavy atom. The standard InChI is InChI=1S/C15H20F3N3O2/c1-8(2)19-12(22)7-21(4)9(3)15(23)20-11-6-5-10(16)13(17)14(11)18/h5-6,8-9H,7H2,1-4H3,(H,19,22)(H,20,23)/t9-/m0/s1. The van der Waals surface area contributed by atoms with Crippen LogP contribution in [0.2, 0.25) is 0 Å². The summed E-state index contributed by atoms with van der Waals surface area (Å²) in [4.78, 5) is 25.1. The molecule has 1 aromatic rings. The second-order valence-corrected chi connectivity index (χ2v) is 5.53. The summed E-state index contributed by atoms with van der Waals surface area (Å²) in [6.07, 6.45) is 0. The number of carbonyl (C=O) groups excluding carboxylic acids is 2. The molecule has 2 N–H and O–H groups in total. The van der Waals surface area contributed by atoms with Crippen molar-refractivity contribution in [2.24, 2.45) is 0 Å². The van der Waals surface area contributed by atoms with Gasteiger partial charge in [0.1, 0.15) is 0 Å². The van der Waals surface area contributed by atoms with Gasteiger partial charge in [0.25, 0.3) is 0 Å². The van der Waals surface area contributed by atoms with Crippen molar-refractivity contribution in [1.29, 1.82) is 0 Å². The van der Waals surface area contributed by atoms with Crippen molar-refractivity contribution in [2.45, 2.75) is 32.9 Å². The zero-order valence-electron chi connectivity index (χ0n) is 13.4. The maximum atomic E-state index is 13.5. The van der Waals surface area contributed by atoms with Gasteiger partial charge in [-0.3, -0.25) is 14.5 Å². The van der Waals surface area contributed by atoms with Crippen LogP contribution in [0, 0.1) is 17.5 Å². The molecule has 0 aliphatic heterocycles. The van der Waals surface area contributed by atoms with E-state index in [1.807, 2.05) is 0 Å². The number of likely N-dealkylation sites (N-methyl/N-ethyl adjacent to an activating group) is 1. The Balaban J connectivity index is 2.70. The molecule has 8 heteroatoms. The molecule has 1 rings (SSSR count). The van der Waals surface area contributed by atoms with Crippen molar-refractivity contribution in [3.63, 3.8) is 0 Å². The van der Waals surface area contributed by atoms with Gasteiger partial charge in [-0.1, -0.05) is 0 Å². The van der Waals surface area contributed by atoms with Crippen molar-refractivity contribution >= 4 is 17.5 Å². The Morgan fingerprint density at radius 1 is 1.13 bits per heavy atom. The first-order valence-electron chi connectivity index (χ1n) is 7.07. The van der Waals surface area contributed by atoms with E-state index in [1.54, 1.807) is 20.9 Å². The van der Waals surface area contributed by atoms with Crippen molar-refractivity contribution in [1.82, 2.24) is 10.2 Å². The minimum atomic E-state index is -1.65. The Kier molecular flexibility index (Phi) is 6.56. The largest absolute Gasteiger partial charge is 0.353 e. The number of nitrogens with zero attached hydrogens (tertiary/aromatic N) is 1. The predicted molar refractivity (Wildman–Crippen MR) is 80.3 cm³/mol. The van der Waals surface area contributed by atoms with E-state index in [0.717, 1.165) is 12.1 Å². The van der Waals surface area contributed by atoms with Crippen LogP contribution in [-0.4, -0.2) is 42.4 Å². The minimum absolute atomic E-state index is 0.0312. The molecule has 5 nitrogen and oxygen atoms in total. The van der Waals surface area contributed by atoms with E-state index in [0.29, 0.717) is 0 Å². The number of rotatable bonds is 6. The molecule has 1 atom stereocenters. The van der Waals surface area contributed by atoms with Gasteiger partial charge in [0, 0.05) is 6.04 Å². The molecular formula is C15H20F3N3O2. The van der Waals surface area contributed by atoms with E-state index in [2.05, 4.69) is 10.6 Å². The number of hydrogen-bond acceptors (Lipinski definition) is 3. The van der Waals surface area contributed by atoms with Crippen LogP contribution in [0.15, 0.2) is 12.1 Å². The van der Waals surface area contributed by atoms with Crippen LogP contribution >= 0.6 is 0 Å². The highest BCUT2D eigenvalue weighted by molar-refractivity contribution is 5.95. The van der Waals surface area contributed by atoms with E-state index in [-0.39, 0.29) is 18.5 Å². The second-order valence-electron chi connectivity index (χ2n) is 5.53. The highest BCUT2D eigenvalue weighted by Crippen LogP contribution is 2.20. The summed E-state index contributed by atoms with van der Waals surface area (Å²) < 4.78 is 39.5. The van der Waals surface area contributed by atoms with Gasteiger partial charge in [-0.25, -0.2) is 13.2 Å². The van der Waals surface area contributed by atoms with E-state index < -0.39 is 35.1 Å². The highest BCUT2D eigenvalue weighted by Gasteiger charge is 2.22. The molecule has 0 aliphatic carbocycles. The van der Waals surface area contributed by atoms with Crippen LogP contribution < -0.4 is 10.6 Å². The van der Waals surface area contributed by atoms with E-state index >= 15 is 0 Å². The van der Waals surface area contributed by atoms with Crippen LogP contribution in [-0.2, 0) is 9.59 Å². The average molecular weight is 331 g/mol. The molecule has 0 saturated heterocycles. The molecule has 0 fully saturated rings. The molecule has 23 heavy (non-hydrogen) atoms. The lowest BCUT2D eigenvalue weighted by molar-refractivity contribution is -0.125. The number of nitrogens with one attached hydrogen (secondary N) is 2. The second kappa shape index (κ2) is 7.96. The first-order valence-corrected chi connectivity index (χ1v) is 7.07. The number of carbonyl (C=O) groups is 2. The molecule has 0 aliphatic rings. The Hall–Kier alpha value is -2.09. The molecular weight excluding hydrogens is 311 g/mol. The maximum Gasteiger partial charge on any atom is 0.241 e. The first-order chi connectivity index (χ1) is 10.6. The fourth-order valence-corrected chi connectivity index (χ4v) is 1.79. The van der Waals surface area contributed by atoms with Gasteiger partial charge in [0.05, 0.1) is 18.3 Å². The Bertz CT molecular complexity index is 594. The summed E-state index contributed by atoms with van der Waals surface area (Å²) in [7, 11) is 1.55. The van der Waals surface area contributed by atoms with Gasteiger partial charge in [-0.05, 0) is 40.0 Å². The van der Waals surface area contributed by atoms with E-state index in [4.69, 9.17) is 0 Å². The zero-order chi connectivity index (χ0) is 17.7. The topological polar surface area (TPSA) is 61.4 Å². The van der Waals surface area contributed by atoms with Crippen molar-refractivity contribution < 1.29 is 22.8 Å². The van der Waals surface area contributed by atoms with Crippen LogP contribution in [0.4, 0.5) is 18.9 Å². The van der Waals surface area contributed by atoms with Crippen molar-refractivity contribution in [2.75, 3.05) is 18.9 Å². The van der Waals surface area contributed by atoms with Gasteiger partial charge < -0.3 is 10.6 Å². The summed E-state index contributed by atoms with van der Waals surface area (Å²) in [6.45, 7) is 5.09. The van der Waals surface area contributed by atoms with Crippen molar-refractivity contribution in [3.05, 3.63) is 29.6 Å². The molecule has 0 bridgehead atoms. The van der Waals surface area contributed by atoms with Crippen LogP contribution in [0.25, 0.3) is 0 Å².